The summed E-state index contributed by atoms with van der Waals surface area (Å²) in [4.78, 5) is 17.2. The van der Waals surface area contributed by atoms with Crippen molar-refractivity contribution in [1.82, 2.24) is 4.98 Å². The molecule has 0 atom stereocenters. The van der Waals surface area contributed by atoms with Crippen LogP contribution in [0.2, 0.25) is 0 Å². The second kappa shape index (κ2) is 6.05. The van der Waals surface area contributed by atoms with Gasteiger partial charge in [-0.15, -0.1) is 0 Å². The van der Waals surface area contributed by atoms with Crippen LogP contribution in [0.3, 0.4) is 0 Å². The predicted octanol–water partition coefficient (Wildman–Crippen LogP) is 3.49. The van der Waals surface area contributed by atoms with E-state index in [1.165, 1.54) is 6.20 Å². The highest BCUT2D eigenvalue weighted by Crippen LogP contribution is 2.22. The number of pyridine rings is 1. The summed E-state index contributed by atoms with van der Waals surface area (Å²) in [5.41, 5.74) is 2.21. The molecule has 1 N–H and O–H groups in total. The number of aromatic carboxylic acids is 1. The number of carboxylic acids is 1. The van der Waals surface area contributed by atoms with Crippen LogP contribution in [0.25, 0.3) is 0 Å². The zero-order valence-electron chi connectivity index (χ0n) is 11.3. The Morgan fingerprint density at radius 3 is 2.70 bits per heavy atom. The van der Waals surface area contributed by atoms with Crippen molar-refractivity contribution >= 4 is 27.7 Å². The van der Waals surface area contributed by atoms with Gasteiger partial charge in [0.15, 0.2) is 0 Å². The van der Waals surface area contributed by atoms with Crippen LogP contribution in [0, 0.1) is 6.92 Å². The van der Waals surface area contributed by atoms with E-state index >= 15 is 0 Å². The maximum Gasteiger partial charge on any atom is 0.337 e. The Balaban J connectivity index is 2.23. The minimum atomic E-state index is -0.958. The van der Waals surface area contributed by atoms with Crippen molar-refractivity contribution in [2.75, 3.05) is 11.9 Å². The topological polar surface area (TPSA) is 53.4 Å². The molecule has 104 valence electrons. The lowest BCUT2D eigenvalue weighted by atomic mass is 10.1. The molecule has 0 aliphatic heterocycles. The molecule has 1 aromatic carbocycles. The number of anilines is 1. The van der Waals surface area contributed by atoms with Gasteiger partial charge in [0.2, 0.25) is 0 Å². The van der Waals surface area contributed by atoms with Gasteiger partial charge in [-0.05, 0) is 30.2 Å². The van der Waals surface area contributed by atoms with E-state index in [0.29, 0.717) is 6.54 Å². The summed E-state index contributed by atoms with van der Waals surface area (Å²) in [6.45, 7) is 2.56. The van der Waals surface area contributed by atoms with Gasteiger partial charge >= 0.3 is 5.97 Å². The zero-order valence-corrected chi connectivity index (χ0v) is 12.9. The van der Waals surface area contributed by atoms with Crippen LogP contribution in [-0.4, -0.2) is 23.1 Å². The van der Waals surface area contributed by atoms with E-state index in [-0.39, 0.29) is 5.56 Å². The standard InChI is InChI=1S/C15H15BrN2O2/c1-10-7-12(15(19)20)8-17-14(10)18(2)9-11-5-3-4-6-13(11)16/h3-8H,9H2,1-2H3,(H,19,20). The minimum absolute atomic E-state index is 0.209. The molecule has 0 unspecified atom stereocenters. The number of aryl methyl sites for hydroxylation is 1. The highest BCUT2D eigenvalue weighted by atomic mass is 79.9. The fourth-order valence-corrected chi connectivity index (χ4v) is 2.45. The fraction of sp³-hybridized carbons (Fsp3) is 0.200. The molecule has 0 aliphatic carbocycles. The smallest absolute Gasteiger partial charge is 0.337 e. The molecule has 0 spiro atoms. The summed E-state index contributed by atoms with van der Waals surface area (Å²) < 4.78 is 1.05. The summed E-state index contributed by atoms with van der Waals surface area (Å²) in [5.74, 6) is -0.175. The van der Waals surface area contributed by atoms with Gasteiger partial charge in [-0.25, -0.2) is 9.78 Å². The average Bonchev–Trinajstić information content (AvgIpc) is 2.41. The monoisotopic (exact) mass is 334 g/mol. The number of halogens is 1. The molecule has 2 aromatic rings. The van der Waals surface area contributed by atoms with Gasteiger partial charge in [0, 0.05) is 24.3 Å². The first-order valence-electron chi connectivity index (χ1n) is 6.13. The van der Waals surface area contributed by atoms with Crippen molar-refractivity contribution in [3.8, 4) is 0 Å². The third kappa shape index (κ3) is 3.17. The number of nitrogens with zero attached hydrogens (tertiary/aromatic N) is 2. The number of hydrogen-bond acceptors (Lipinski definition) is 3. The minimum Gasteiger partial charge on any atom is -0.478 e. The van der Waals surface area contributed by atoms with Crippen molar-refractivity contribution in [3.63, 3.8) is 0 Å². The largest absolute Gasteiger partial charge is 0.478 e. The molecular weight excluding hydrogens is 320 g/mol. The average molecular weight is 335 g/mol. The van der Waals surface area contributed by atoms with Gasteiger partial charge in [0.05, 0.1) is 5.56 Å². The first-order valence-corrected chi connectivity index (χ1v) is 6.93. The molecule has 20 heavy (non-hydrogen) atoms. The lowest BCUT2D eigenvalue weighted by Crippen LogP contribution is -2.19. The van der Waals surface area contributed by atoms with E-state index in [9.17, 15) is 4.79 Å². The Hall–Kier alpha value is -1.88. The first-order chi connectivity index (χ1) is 9.49. The number of benzene rings is 1. The number of hydrogen-bond donors (Lipinski definition) is 1. The second-order valence-electron chi connectivity index (χ2n) is 4.62. The third-order valence-electron chi connectivity index (χ3n) is 3.02. The molecule has 0 aliphatic rings. The Labute approximate surface area is 126 Å². The zero-order chi connectivity index (χ0) is 14.7. The van der Waals surface area contributed by atoms with Crippen LogP contribution >= 0.6 is 15.9 Å². The SMILES string of the molecule is Cc1cc(C(=O)O)cnc1N(C)Cc1ccccc1Br. The molecule has 4 nitrogen and oxygen atoms in total. The number of aromatic nitrogens is 1. The van der Waals surface area contributed by atoms with Crippen LogP contribution in [0.5, 0.6) is 0 Å². The van der Waals surface area contributed by atoms with Gasteiger partial charge in [0.25, 0.3) is 0 Å². The summed E-state index contributed by atoms with van der Waals surface area (Å²) >= 11 is 3.52. The Morgan fingerprint density at radius 1 is 1.40 bits per heavy atom. The van der Waals surface area contributed by atoms with Crippen LogP contribution in [0.1, 0.15) is 21.5 Å². The number of rotatable bonds is 4. The molecule has 0 saturated carbocycles. The Morgan fingerprint density at radius 2 is 2.10 bits per heavy atom. The Bertz CT molecular complexity index is 644. The van der Waals surface area contributed by atoms with E-state index in [4.69, 9.17) is 5.11 Å². The van der Waals surface area contributed by atoms with Crippen molar-refractivity contribution in [3.05, 3.63) is 57.7 Å². The van der Waals surface area contributed by atoms with Crippen LogP contribution < -0.4 is 4.90 Å². The number of carboxylic acid groups (broad SMARTS) is 1. The highest BCUT2D eigenvalue weighted by Gasteiger charge is 2.11. The predicted molar refractivity (Wildman–Crippen MR) is 82.2 cm³/mol. The van der Waals surface area contributed by atoms with Gasteiger partial charge in [-0.1, -0.05) is 34.1 Å². The van der Waals surface area contributed by atoms with E-state index in [1.807, 2.05) is 43.1 Å². The van der Waals surface area contributed by atoms with Crippen LogP contribution in [0.4, 0.5) is 5.82 Å². The van der Waals surface area contributed by atoms with Crippen molar-refractivity contribution in [2.45, 2.75) is 13.5 Å². The third-order valence-corrected chi connectivity index (χ3v) is 3.80. The van der Waals surface area contributed by atoms with Gasteiger partial charge < -0.3 is 10.0 Å². The van der Waals surface area contributed by atoms with E-state index < -0.39 is 5.97 Å². The molecular formula is C15H15BrN2O2. The first kappa shape index (κ1) is 14.5. The Kier molecular flexibility index (Phi) is 4.39. The van der Waals surface area contributed by atoms with Crippen molar-refractivity contribution < 1.29 is 9.90 Å². The van der Waals surface area contributed by atoms with Gasteiger partial charge in [-0.2, -0.15) is 0 Å². The second-order valence-corrected chi connectivity index (χ2v) is 5.47. The summed E-state index contributed by atoms with van der Waals surface area (Å²) in [6.07, 6.45) is 1.39. The quantitative estimate of drug-likeness (QED) is 0.929. The maximum atomic E-state index is 10.9. The molecule has 2 rings (SSSR count). The molecule has 5 heteroatoms. The van der Waals surface area contributed by atoms with Crippen LogP contribution in [0.15, 0.2) is 41.0 Å². The molecule has 0 bridgehead atoms. The van der Waals surface area contributed by atoms with Gasteiger partial charge in [0.1, 0.15) is 5.82 Å². The lowest BCUT2D eigenvalue weighted by Gasteiger charge is -2.21. The van der Waals surface area contributed by atoms with E-state index in [0.717, 1.165) is 21.4 Å². The maximum absolute atomic E-state index is 10.9. The molecule has 1 aromatic heterocycles. The molecule has 1 heterocycles. The summed E-state index contributed by atoms with van der Waals surface area (Å²) in [7, 11) is 1.94. The lowest BCUT2D eigenvalue weighted by molar-refractivity contribution is 0.0696. The normalized spacial score (nSPS) is 10.3. The summed E-state index contributed by atoms with van der Waals surface area (Å²) in [6, 6.07) is 9.64. The highest BCUT2D eigenvalue weighted by molar-refractivity contribution is 9.10. The van der Waals surface area contributed by atoms with Crippen molar-refractivity contribution in [2.24, 2.45) is 0 Å². The van der Waals surface area contributed by atoms with Crippen LogP contribution in [-0.2, 0) is 6.54 Å². The molecule has 0 radical (unpaired) electrons. The van der Waals surface area contributed by atoms with Gasteiger partial charge in [-0.3, -0.25) is 0 Å². The van der Waals surface area contributed by atoms with E-state index in [1.54, 1.807) is 6.07 Å². The van der Waals surface area contributed by atoms with Crippen molar-refractivity contribution in [1.29, 1.82) is 0 Å². The summed E-state index contributed by atoms with van der Waals surface area (Å²) in [5, 5.41) is 8.95. The number of carbonyl (C=O) groups is 1. The molecule has 0 saturated heterocycles. The molecule has 0 fully saturated rings. The molecule has 0 amide bonds. The fourth-order valence-electron chi connectivity index (χ4n) is 2.04. The van der Waals surface area contributed by atoms with E-state index in [2.05, 4.69) is 20.9 Å².